The van der Waals surface area contributed by atoms with Gasteiger partial charge in [-0.25, -0.2) is 18.3 Å². The van der Waals surface area contributed by atoms with E-state index in [0.29, 0.717) is 24.3 Å². The molecule has 0 aliphatic carbocycles. The van der Waals surface area contributed by atoms with E-state index in [4.69, 9.17) is 4.74 Å². The molecule has 0 saturated carbocycles. The van der Waals surface area contributed by atoms with Crippen LogP contribution in [0.4, 0.5) is 13.6 Å². The Kier molecular flexibility index (Phi) is 7.81. The zero-order chi connectivity index (χ0) is 23.1. The highest BCUT2D eigenvalue weighted by atomic mass is 19.1. The van der Waals surface area contributed by atoms with Crippen LogP contribution in [0.25, 0.3) is 5.69 Å². The number of carbonyl (C=O) groups excluding carboxylic acids is 1. The largest absolute Gasteiger partial charge is 0.435 e. The Morgan fingerprint density at radius 1 is 1.12 bits per heavy atom. The van der Waals surface area contributed by atoms with Crippen molar-refractivity contribution in [1.82, 2.24) is 20.0 Å². The van der Waals surface area contributed by atoms with Crippen molar-refractivity contribution in [2.75, 3.05) is 13.1 Å². The number of amides is 2. The van der Waals surface area contributed by atoms with Crippen LogP contribution in [0.15, 0.2) is 48.5 Å². The van der Waals surface area contributed by atoms with Gasteiger partial charge in [0.25, 0.3) is 0 Å². The first-order valence-corrected chi connectivity index (χ1v) is 10.7. The lowest BCUT2D eigenvalue weighted by Crippen LogP contribution is -2.40. The summed E-state index contributed by atoms with van der Waals surface area (Å²) in [6, 6.07) is 12.3. The predicted molar refractivity (Wildman–Crippen MR) is 119 cm³/mol. The number of nitrogens with zero attached hydrogens (tertiary/aromatic N) is 3. The van der Waals surface area contributed by atoms with Crippen LogP contribution in [0.5, 0.6) is 11.6 Å². The number of nitrogens with one attached hydrogen (secondary N) is 1. The van der Waals surface area contributed by atoms with Gasteiger partial charge in [0.15, 0.2) is 11.6 Å². The van der Waals surface area contributed by atoms with Gasteiger partial charge >= 0.3 is 6.03 Å². The van der Waals surface area contributed by atoms with Crippen molar-refractivity contribution < 1.29 is 18.3 Å². The number of urea groups is 1. The summed E-state index contributed by atoms with van der Waals surface area (Å²) in [5, 5.41) is 7.49. The number of hydrogen-bond donors (Lipinski definition) is 1. The molecule has 0 atom stereocenters. The fourth-order valence-electron chi connectivity index (χ4n) is 3.29. The van der Waals surface area contributed by atoms with Crippen molar-refractivity contribution in [1.29, 1.82) is 0 Å². The summed E-state index contributed by atoms with van der Waals surface area (Å²) in [5.74, 6) is -1.35. The second-order valence-corrected chi connectivity index (χ2v) is 7.45. The number of halogens is 2. The van der Waals surface area contributed by atoms with Crippen molar-refractivity contribution in [2.45, 2.75) is 40.2 Å². The maximum Gasteiger partial charge on any atom is 0.317 e. The summed E-state index contributed by atoms with van der Waals surface area (Å²) in [6.07, 6.45) is 1.60. The highest BCUT2D eigenvalue weighted by Crippen LogP contribution is 2.33. The molecule has 3 aromatic rings. The topological polar surface area (TPSA) is 59.4 Å². The van der Waals surface area contributed by atoms with Crippen LogP contribution >= 0.6 is 0 Å². The molecule has 0 fully saturated rings. The summed E-state index contributed by atoms with van der Waals surface area (Å²) < 4.78 is 35.3. The number of carbonyl (C=O) groups is 1. The number of aromatic nitrogens is 2. The van der Waals surface area contributed by atoms with E-state index in [1.54, 1.807) is 9.58 Å². The van der Waals surface area contributed by atoms with Crippen molar-refractivity contribution in [2.24, 2.45) is 0 Å². The average molecular weight is 443 g/mol. The molecule has 2 aromatic carbocycles. The van der Waals surface area contributed by atoms with E-state index in [9.17, 15) is 13.6 Å². The van der Waals surface area contributed by atoms with E-state index >= 15 is 0 Å². The summed E-state index contributed by atoms with van der Waals surface area (Å²) >= 11 is 0. The van der Waals surface area contributed by atoms with Crippen molar-refractivity contribution >= 4 is 6.03 Å². The van der Waals surface area contributed by atoms with E-state index in [0.717, 1.165) is 30.7 Å². The minimum atomic E-state index is -0.819. The SMILES string of the molecule is CCCNC(=O)N(CCC)Cc1c(C)nn(-c2ccccc2)c1Oc1ccc(F)cc1F. The molecule has 0 bridgehead atoms. The molecule has 0 spiro atoms. The smallest absolute Gasteiger partial charge is 0.317 e. The molecule has 3 rings (SSSR count). The maximum absolute atomic E-state index is 14.4. The molecule has 0 unspecified atom stereocenters. The fraction of sp³-hybridized carbons (Fsp3) is 0.333. The molecule has 1 aromatic heterocycles. The fourth-order valence-corrected chi connectivity index (χ4v) is 3.29. The lowest BCUT2D eigenvalue weighted by Gasteiger charge is -2.23. The molecule has 170 valence electrons. The van der Waals surface area contributed by atoms with Crippen molar-refractivity contribution in [3.63, 3.8) is 0 Å². The molecule has 0 aliphatic heterocycles. The summed E-state index contributed by atoms with van der Waals surface area (Å²) in [4.78, 5) is 14.4. The molecule has 1 N–H and O–H groups in total. The first kappa shape index (κ1) is 23.2. The predicted octanol–water partition coefficient (Wildman–Crippen LogP) is 5.58. The standard InChI is InChI=1S/C24H28F2N4O2/c1-4-13-27-24(31)29(14-5-2)16-20-17(3)28-30(19-9-7-6-8-10-19)23(20)32-22-12-11-18(25)15-21(22)26/h6-12,15H,4-5,13-14,16H2,1-3H3,(H,27,31). The van der Waals surface area contributed by atoms with Gasteiger partial charge in [-0.05, 0) is 44.0 Å². The van der Waals surface area contributed by atoms with E-state index in [1.165, 1.54) is 6.07 Å². The number of aryl methyl sites for hydroxylation is 1. The molecule has 0 aliphatic rings. The first-order valence-electron chi connectivity index (χ1n) is 10.7. The van der Waals surface area contributed by atoms with E-state index < -0.39 is 11.6 Å². The molecule has 0 saturated heterocycles. The molecular formula is C24H28F2N4O2. The summed E-state index contributed by atoms with van der Waals surface area (Å²) in [7, 11) is 0. The number of ether oxygens (including phenoxy) is 1. The van der Waals surface area contributed by atoms with Gasteiger partial charge in [-0.3, -0.25) is 0 Å². The van der Waals surface area contributed by atoms with E-state index in [2.05, 4.69) is 10.4 Å². The highest BCUT2D eigenvalue weighted by Gasteiger charge is 2.24. The Labute approximate surface area is 186 Å². The van der Waals surface area contributed by atoms with Gasteiger partial charge in [0, 0.05) is 19.2 Å². The maximum atomic E-state index is 14.4. The Balaban J connectivity index is 2.04. The van der Waals surface area contributed by atoms with E-state index in [-0.39, 0.29) is 24.2 Å². The van der Waals surface area contributed by atoms with E-state index in [1.807, 2.05) is 51.1 Å². The van der Waals surface area contributed by atoms with Crippen LogP contribution in [0.1, 0.15) is 37.9 Å². The second kappa shape index (κ2) is 10.7. The van der Waals surface area contributed by atoms with Gasteiger partial charge < -0.3 is 15.0 Å². The number of benzene rings is 2. The quantitative estimate of drug-likeness (QED) is 0.470. The first-order chi connectivity index (χ1) is 15.4. The Bertz CT molecular complexity index is 1050. The Morgan fingerprint density at radius 2 is 1.88 bits per heavy atom. The monoisotopic (exact) mass is 442 g/mol. The van der Waals surface area contributed by atoms with Crippen LogP contribution < -0.4 is 10.1 Å². The third-order valence-corrected chi connectivity index (χ3v) is 4.89. The third kappa shape index (κ3) is 5.43. The molecule has 1 heterocycles. The normalized spacial score (nSPS) is 10.8. The Hall–Kier alpha value is -3.42. The summed E-state index contributed by atoms with van der Waals surface area (Å²) in [5.41, 5.74) is 2.02. The number of para-hydroxylation sites is 1. The van der Waals surface area contributed by atoms with Crippen molar-refractivity contribution in [3.05, 3.63) is 71.4 Å². The minimum Gasteiger partial charge on any atom is -0.435 e. The van der Waals surface area contributed by atoms with Crippen molar-refractivity contribution in [3.8, 4) is 17.3 Å². The van der Waals surface area contributed by atoms with Gasteiger partial charge in [-0.15, -0.1) is 0 Å². The van der Waals surface area contributed by atoms with Gasteiger partial charge in [0.2, 0.25) is 5.88 Å². The Morgan fingerprint density at radius 3 is 2.53 bits per heavy atom. The minimum absolute atomic E-state index is 0.123. The zero-order valence-electron chi connectivity index (χ0n) is 18.6. The molecule has 2 amide bonds. The molecule has 6 nitrogen and oxygen atoms in total. The van der Waals surface area contributed by atoms with Gasteiger partial charge in [0.1, 0.15) is 5.82 Å². The van der Waals surface area contributed by atoms with Gasteiger partial charge in [-0.2, -0.15) is 5.10 Å². The molecule has 32 heavy (non-hydrogen) atoms. The molecule has 8 heteroatoms. The molecule has 0 radical (unpaired) electrons. The average Bonchev–Trinajstić information content (AvgIpc) is 3.09. The van der Waals surface area contributed by atoms with Gasteiger partial charge in [0.05, 0.1) is 23.5 Å². The number of rotatable bonds is 9. The van der Waals surface area contributed by atoms with Crippen LogP contribution in [0.3, 0.4) is 0 Å². The molecular weight excluding hydrogens is 414 g/mol. The highest BCUT2D eigenvalue weighted by molar-refractivity contribution is 5.74. The number of hydrogen-bond acceptors (Lipinski definition) is 3. The van der Waals surface area contributed by atoms with Crippen LogP contribution in [-0.4, -0.2) is 33.8 Å². The second-order valence-electron chi connectivity index (χ2n) is 7.45. The van der Waals surface area contributed by atoms with Crippen LogP contribution in [0.2, 0.25) is 0 Å². The lowest BCUT2D eigenvalue weighted by molar-refractivity contribution is 0.194. The summed E-state index contributed by atoms with van der Waals surface area (Å²) in [6.45, 7) is 7.14. The zero-order valence-corrected chi connectivity index (χ0v) is 18.6. The third-order valence-electron chi connectivity index (χ3n) is 4.89. The van der Waals surface area contributed by atoms with Gasteiger partial charge in [-0.1, -0.05) is 32.0 Å². The van der Waals surface area contributed by atoms with Crippen LogP contribution in [-0.2, 0) is 6.54 Å². The van der Waals surface area contributed by atoms with Crippen LogP contribution in [0, 0.1) is 18.6 Å². The lowest BCUT2D eigenvalue weighted by atomic mass is 10.2.